The Balaban J connectivity index is 2.57. The van der Waals surface area contributed by atoms with E-state index in [0.717, 1.165) is 25.7 Å². The van der Waals surface area contributed by atoms with Gasteiger partial charge in [0.1, 0.15) is 5.75 Å². The molecule has 0 aliphatic heterocycles. The number of rotatable bonds is 10. The first kappa shape index (κ1) is 18.5. The molecule has 0 aliphatic rings. The number of hydrogen-bond acceptors (Lipinski definition) is 5. The Labute approximate surface area is 132 Å². The summed E-state index contributed by atoms with van der Waals surface area (Å²) in [5.74, 6) is -1.85. The minimum absolute atomic E-state index is 0.0938. The highest BCUT2D eigenvalue weighted by molar-refractivity contribution is 5.89. The topological polar surface area (TPSA) is 65.0 Å². The second-order valence-corrected chi connectivity index (χ2v) is 5.14. The molecule has 0 aliphatic carbocycles. The molecule has 0 bridgehead atoms. The second-order valence-electron chi connectivity index (χ2n) is 5.14. The molecule has 22 heavy (non-hydrogen) atoms. The molecular weight excluding hydrogens is 284 g/mol. The molecule has 0 fully saturated rings. The fourth-order valence-electron chi connectivity index (χ4n) is 1.97. The molecule has 5 nitrogen and oxygen atoms in total. The first-order valence-electron chi connectivity index (χ1n) is 7.81. The lowest BCUT2D eigenvalue weighted by atomic mass is 10.2. The van der Waals surface area contributed by atoms with Gasteiger partial charge in [0.25, 0.3) is 0 Å². The highest BCUT2D eigenvalue weighted by Crippen LogP contribution is 2.19. The summed E-state index contributed by atoms with van der Waals surface area (Å²) in [5.41, 5.74) is 0.332. The predicted molar refractivity (Wildman–Crippen MR) is 83.6 cm³/mol. The van der Waals surface area contributed by atoms with Crippen LogP contribution < -0.4 is 0 Å². The lowest BCUT2D eigenvalue weighted by Gasteiger charge is -2.28. The molecule has 0 amide bonds. The van der Waals surface area contributed by atoms with E-state index >= 15 is 0 Å². The molecule has 0 radical (unpaired) electrons. The largest absolute Gasteiger partial charge is 0.508 e. The summed E-state index contributed by atoms with van der Waals surface area (Å²) in [6.45, 7) is 6.39. The maximum absolute atomic E-state index is 12.1. The zero-order chi connectivity index (χ0) is 16.4. The molecule has 0 saturated carbocycles. The number of phenolic OH excluding ortho intramolecular Hbond substituents is 1. The van der Waals surface area contributed by atoms with E-state index in [-0.39, 0.29) is 5.75 Å². The van der Waals surface area contributed by atoms with Crippen molar-refractivity contribution >= 4 is 5.97 Å². The normalized spacial score (nSPS) is 13.6. The van der Waals surface area contributed by atoms with Crippen LogP contribution in [0.5, 0.6) is 5.75 Å². The molecular formula is C17H26O5. The van der Waals surface area contributed by atoms with Crippen LogP contribution in [-0.4, -0.2) is 30.3 Å². The maximum Gasteiger partial charge on any atom is 0.342 e. The minimum Gasteiger partial charge on any atom is -0.508 e. The van der Waals surface area contributed by atoms with Crippen LogP contribution in [0, 0.1) is 0 Å². The molecule has 1 aromatic rings. The van der Waals surface area contributed by atoms with Crippen molar-refractivity contribution in [2.75, 3.05) is 13.2 Å². The van der Waals surface area contributed by atoms with E-state index in [2.05, 4.69) is 6.92 Å². The van der Waals surface area contributed by atoms with Crippen LogP contribution in [0.2, 0.25) is 0 Å². The van der Waals surface area contributed by atoms with Crippen LogP contribution in [0.1, 0.15) is 56.8 Å². The van der Waals surface area contributed by atoms with Crippen LogP contribution in [0.15, 0.2) is 24.3 Å². The Morgan fingerprint density at radius 3 is 2.36 bits per heavy atom. The summed E-state index contributed by atoms with van der Waals surface area (Å²) in [7, 11) is 0. The van der Waals surface area contributed by atoms with Gasteiger partial charge in [-0.15, -0.1) is 0 Å². The summed E-state index contributed by atoms with van der Waals surface area (Å²) in [6.07, 6.45) is 4.28. The first-order chi connectivity index (χ1) is 10.5. The number of carbonyl (C=O) groups is 1. The summed E-state index contributed by atoms with van der Waals surface area (Å²) in [5, 5.41) is 9.24. The number of unbranched alkanes of at least 4 members (excludes halogenated alkanes) is 3. The average molecular weight is 310 g/mol. The van der Waals surface area contributed by atoms with Gasteiger partial charge >= 0.3 is 11.9 Å². The van der Waals surface area contributed by atoms with E-state index in [4.69, 9.17) is 14.2 Å². The van der Waals surface area contributed by atoms with Gasteiger partial charge in [-0.25, -0.2) is 4.79 Å². The molecule has 0 heterocycles. The second kappa shape index (κ2) is 9.43. The van der Waals surface area contributed by atoms with Gasteiger partial charge in [0.05, 0.1) is 18.8 Å². The predicted octanol–water partition coefficient (Wildman–Crippen LogP) is 3.86. The highest BCUT2D eigenvalue weighted by atomic mass is 16.9. The number of esters is 1. The standard InChI is InChI=1S/C17H26O5/c1-4-6-7-8-13-21-17(3,20-5-2)22-16(19)14-9-11-15(18)12-10-14/h9-12,18H,4-8,13H2,1-3H3. The molecule has 124 valence electrons. The fourth-order valence-corrected chi connectivity index (χ4v) is 1.97. The van der Waals surface area contributed by atoms with Gasteiger partial charge in [0, 0.05) is 6.92 Å². The Morgan fingerprint density at radius 1 is 1.09 bits per heavy atom. The summed E-state index contributed by atoms with van der Waals surface area (Å²) in [6, 6.07) is 5.84. The van der Waals surface area contributed by atoms with Gasteiger partial charge < -0.3 is 19.3 Å². The monoisotopic (exact) mass is 310 g/mol. The van der Waals surface area contributed by atoms with Gasteiger partial charge in [0.15, 0.2) is 0 Å². The third-order valence-electron chi connectivity index (χ3n) is 3.15. The average Bonchev–Trinajstić information content (AvgIpc) is 2.48. The van der Waals surface area contributed by atoms with E-state index in [9.17, 15) is 9.90 Å². The van der Waals surface area contributed by atoms with Crippen LogP contribution in [0.3, 0.4) is 0 Å². The zero-order valence-electron chi connectivity index (χ0n) is 13.6. The lowest BCUT2D eigenvalue weighted by Crippen LogP contribution is -2.38. The van der Waals surface area contributed by atoms with E-state index < -0.39 is 11.9 Å². The third-order valence-corrected chi connectivity index (χ3v) is 3.15. The molecule has 0 spiro atoms. The number of phenols is 1. The third kappa shape index (κ3) is 6.45. The molecule has 0 saturated heterocycles. The van der Waals surface area contributed by atoms with Crippen LogP contribution in [-0.2, 0) is 14.2 Å². The van der Waals surface area contributed by atoms with Crippen molar-refractivity contribution < 1.29 is 24.1 Å². The van der Waals surface area contributed by atoms with Crippen molar-refractivity contribution in [3.63, 3.8) is 0 Å². The number of carbonyl (C=O) groups excluding carboxylic acids is 1. The summed E-state index contributed by atoms with van der Waals surface area (Å²) < 4.78 is 16.4. The van der Waals surface area contributed by atoms with E-state index in [1.807, 2.05) is 6.92 Å². The Hall–Kier alpha value is -1.59. The molecule has 0 aromatic heterocycles. The van der Waals surface area contributed by atoms with Gasteiger partial charge in [-0.3, -0.25) is 0 Å². The SMILES string of the molecule is CCCCCCOC(C)(OCC)OC(=O)c1ccc(O)cc1. The summed E-state index contributed by atoms with van der Waals surface area (Å²) in [4.78, 5) is 12.1. The van der Waals surface area contributed by atoms with E-state index in [1.54, 1.807) is 6.92 Å². The van der Waals surface area contributed by atoms with Crippen molar-refractivity contribution in [2.45, 2.75) is 52.4 Å². The number of benzene rings is 1. The van der Waals surface area contributed by atoms with Crippen molar-refractivity contribution in [3.05, 3.63) is 29.8 Å². The Bertz CT molecular complexity index is 443. The van der Waals surface area contributed by atoms with Crippen molar-refractivity contribution in [1.29, 1.82) is 0 Å². The van der Waals surface area contributed by atoms with Gasteiger partial charge in [-0.05, 0) is 37.6 Å². The minimum atomic E-state index is -1.39. The fraction of sp³-hybridized carbons (Fsp3) is 0.588. The van der Waals surface area contributed by atoms with Gasteiger partial charge in [-0.1, -0.05) is 26.2 Å². The van der Waals surface area contributed by atoms with Gasteiger partial charge in [-0.2, -0.15) is 0 Å². The smallest absolute Gasteiger partial charge is 0.342 e. The van der Waals surface area contributed by atoms with Crippen molar-refractivity contribution in [3.8, 4) is 5.75 Å². The van der Waals surface area contributed by atoms with Gasteiger partial charge in [0.2, 0.25) is 0 Å². The Morgan fingerprint density at radius 2 is 1.77 bits per heavy atom. The number of hydrogen-bond donors (Lipinski definition) is 1. The molecule has 1 rings (SSSR count). The number of ether oxygens (including phenoxy) is 3. The quantitative estimate of drug-likeness (QED) is 0.404. The zero-order valence-corrected chi connectivity index (χ0v) is 13.6. The molecule has 1 atom stereocenters. The maximum atomic E-state index is 12.1. The van der Waals surface area contributed by atoms with Crippen LogP contribution in [0.25, 0.3) is 0 Å². The molecule has 1 unspecified atom stereocenters. The van der Waals surface area contributed by atoms with Crippen LogP contribution >= 0.6 is 0 Å². The van der Waals surface area contributed by atoms with E-state index in [1.165, 1.54) is 24.3 Å². The molecule has 5 heteroatoms. The van der Waals surface area contributed by atoms with Crippen LogP contribution in [0.4, 0.5) is 0 Å². The van der Waals surface area contributed by atoms with Crippen molar-refractivity contribution in [2.24, 2.45) is 0 Å². The first-order valence-corrected chi connectivity index (χ1v) is 7.81. The lowest BCUT2D eigenvalue weighted by molar-refractivity contribution is -0.343. The Kier molecular flexibility index (Phi) is 7.91. The molecule has 1 N–H and O–H groups in total. The van der Waals surface area contributed by atoms with Crippen molar-refractivity contribution in [1.82, 2.24) is 0 Å². The number of aromatic hydroxyl groups is 1. The highest BCUT2D eigenvalue weighted by Gasteiger charge is 2.31. The summed E-state index contributed by atoms with van der Waals surface area (Å²) >= 11 is 0. The molecule has 1 aromatic carbocycles. The van der Waals surface area contributed by atoms with E-state index in [0.29, 0.717) is 18.8 Å².